The molecule has 0 spiro atoms. The van der Waals surface area contributed by atoms with Crippen molar-refractivity contribution in [3.63, 3.8) is 0 Å². The second-order valence-electron chi connectivity index (χ2n) is 4.17. The standard InChI is InChI=1S/C12H14N4O2S/c1-3-7-14-10-9(11(17)15-7)19-12-6(13-10)4-5-8(16-12)18-2/h4-5,12,16H,3H2,1-2H3,(H2,13,14,15,17). The smallest absolute Gasteiger partial charge is 0.266 e. The zero-order chi connectivity index (χ0) is 13.4. The number of dihydropyridines is 1. The number of nitrogens with zero attached hydrogens (tertiary/aromatic N) is 1. The van der Waals surface area contributed by atoms with Gasteiger partial charge in [0.1, 0.15) is 16.1 Å². The Labute approximate surface area is 114 Å². The average Bonchev–Trinajstić information content (AvgIpc) is 2.44. The molecule has 1 aromatic heterocycles. The molecule has 1 atom stereocenters. The van der Waals surface area contributed by atoms with Crippen molar-refractivity contribution in [1.29, 1.82) is 0 Å². The van der Waals surface area contributed by atoms with Crippen LogP contribution in [0.15, 0.2) is 33.4 Å². The number of allylic oxidation sites excluding steroid dienone is 2. The SMILES string of the molecule is CCc1nc2c(c(=O)[nH]1)SC1NC(OC)=CC=C1N2. The maximum atomic E-state index is 12.0. The first kappa shape index (κ1) is 12.2. The van der Waals surface area contributed by atoms with E-state index in [4.69, 9.17) is 4.74 Å². The van der Waals surface area contributed by atoms with Gasteiger partial charge in [-0.3, -0.25) is 4.79 Å². The molecule has 3 rings (SSSR count). The number of ether oxygens (including phenoxy) is 1. The number of aromatic nitrogens is 2. The Hall–Kier alpha value is -1.89. The van der Waals surface area contributed by atoms with Crippen LogP contribution in [0, 0.1) is 0 Å². The maximum absolute atomic E-state index is 12.0. The van der Waals surface area contributed by atoms with E-state index in [-0.39, 0.29) is 10.9 Å². The lowest BCUT2D eigenvalue weighted by Crippen LogP contribution is -2.37. The lowest BCUT2D eigenvalue weighted by Gasteiger charge is -2.30. The van der Waals surface area contributed by atoms with Gasteiger partial charge in [-0.1, -0.05) is 18.7 Å². The van der Waals surface area contributed by atoms with Crippen molar-refractivity contribution in [2.75, 3.05) is 12.4 Å². The highest BCUT2D eigenvalue weighted by atomic mass is 32.2. The van der Waals surface area contributed by atoms with Crippen LogP contribution in [0.4, 0.5) is 5.82 Å². The van der Waals surface area contributed by atoms with E-state index in [1.807, 2.05) is 19.1 Å². The van der Waals surface area contributed by atoms with Gasteiger partial charge in [-0.25, -0.2) is 4.98 Å². The highest BCUT2D eigenvalue weighted by Crippen LogP contribution is 2.36. The van der Waals surface area contributed by atoms with Crippen molar-refractivity contribution < 1.29 is 4.74 Å². The molecule has 1 aromatic rings. The second-order valence-corrected chi connectivity index (χ2v) is 5.28. The Morgan fingerprint density at radius 2 is 2.32 bits per heavy atom. The van der Waals surface area contributed by atoms with Crippen molar-refractivity contribution in [3.05, 3.63) is 39.9 Å². The number of hydrogen-bond donors (Lipinski definition) is 3. The molecule has 0 saturated carbocycles. The van der Waals surface area contributed by atoms with Gasteiger partial charge in [0.2, 0.25) is 0 Å². The predicted molar refractivity (Wildman–Crippen MR) is 73.8 cm³/mol. The number of methoxy groups -OCH3 is 1. The number of H-pyrrole nitrogens is 1. The third kappa shape index (κ3) is 2.10. The minimum atomic E-state index is -0.103. The highest BCUT2D eigenvalue weighted by Gasteiger charge is 2.29. The van der Waals surface area contributed by atoms with Gasteiger partial charge in [-0.2, -0.15) is 0 Å². The van der Waals surface area contributed by atoms with Crippen LogP contribution >= 0.6 is 11.8 Å². The molecule has 6 nitrogen and oxygen atoms in total. The van der Waals surface area contributed by atoms with Crippen molar-refractivity contribution in [3.8, 4) is 0 Å². The molecule has 2 aliphatic heterocycles. The molecule has 0 aliphatic carbocycles. The zero-order valence-corrected chi connectivity index (χ0v) is 11.4. The largest absolute Gasteiger partial charge is 0.482 e. The fourth-order valence-electron chi connectivity index (χ4n) is 1.96. The van der Waals surface area contributed by atoms with Crippen LogP contribution in [0.25, 0.3) is 0 Å². The molecule has 2 aliphatic rings. The number of fused-ring (bicyclic) bond motifs is 2. The van der Waals surface area contributed by atoms with Crippen molar-refractivity contribution in [1.82, 2.24) is 15.3 Å². The van der Waals surface area contributed by atoms with E-state index in [1.54, 1.807) is 7.11 Å². The summed E-state index contributed by atoms with van der Waals surface area (Å²) < 4.78 is 5.16. The minimum Gasteiger partial charge on any atom is -0.482 e. The van der Waals surface area contributed by atoms with Gasteiger partial charge in [-0.15, -0.1) is 0 Å². The Balaban J connectivity index is 2.00. The Morgan fingerprint density at radius 3 is 3.05 bits per heavy atom. The normalized spacial score (nSPS) is 20.2. The lowest BCUT2D eigenvalue weighted by atomic mass is 10.3. The third-order valence-electron chi connectivity index (χ3n) is 2.95. The first-order valence-electron chi connectivity index (χ1n) is 6.00. The van der Waals surface area contributed by atoms with E-state index in [9.17, 15) is 4.79 Å². The molecule has 3 N–H and O–H groups in total. The average molecular weight is 278 g/mol. The van der Waals surface area contributed by atoms with Crippen molar-refractivity contribution in [2.45, 2.75) is 23.6 Å². The summed E-state index contributed by atoms with van der Waals surface area (Å²) in [6, 6.07) is 0. The number of thioether (sulfide) groups is 1. The van der Waals surface area contributed by atoms with Crippen LogP contribution in [0.1, 0.15) is 12.7 Å². The maximum Gasteiger partial charge on any atom is 0.266 e. The van der Waals surface area contributed by atoms with Gasteiger partial charge < -0.3 is 20.4 Å². The third-order valence-corrected chi connectivity index (χ3v) is 4.17. The zero-order valence-electron chi connectivity index (χ0n) is 10.6. The second kappa shape index (κ2) is 4.65. The first-order valence-corrected chi connectivity index (χ1v) is 6.88. The van der Waals surface area contributed by atoms with E-state index in [1.165, 1.54) is 11.8 Å². The Kier molecular flexibility index (Phi) is 2.98. The van der Waals surface area contributed by atoms with E-state index < -0.39 is 0 Å². The van der Waals surface area contributed by atoms with Crippen LogP contribution < -0.4 is 16.2 Å². The number of nitrogens with one attached hydrogen (secondary N) is 3. The highest BCUT2D eigenvalue weighted by molar-refractivity contribution is 8.00. The summed E-state index contributed by atoms with van der Waals surface area (Å²) in [5.74, 6) is 2.00. The summed E-state index contributed by atoms with van der Waals surface area (Å²) in [5, 5.41) is 6.34. The Morgan fingerprint density at radius 1 is 1.47 bits per heavy atom. The number of hydrogen-bond acceptors (Lipinski definition) is 6. The van der Waals surface area contributed by atoms with Crippen LogP contribution in [-0.2, 0) is 11.2 Å². The predicted octanol–water partition coefficient (Wildman–Crippen LogP) is 1.15. The molecule has 100 valence electrons. The van der Waals surface area contributed by atoms with E-state index >= 15 is 0 Å². The van der Waals surface area contributed by atoms with Gasteiger partial charge >= 0.3 is 0 Å². The topological polar surface area (TPSA) is 79.0 Å². The Bertz CT molecular complexity index is 635. The summed E-state index contributed by atoms with van der Waals surface area (Å²) in [5.41, 5.74) is 0.868. The molecule has 0 fully saturated rings. The van der Waals surface area contributed by atoms with Crippen LogP contribution in [0.3, 0.4) is 0 Å². The molecule has 0 amide bonds. The van der Waals surface area contributed by atoms with Gasteiger partial charge in [-0.05, 0) is 12.2 Å². The van der Waals surface area contributed by atoms with Gasteiger partial charge in [0.15, 0.2) is 11.7 Å². The number of aromatic amines is 1. The fraction of sp³-hybridized carbons (Fsp3) is 0.333. The molecular weight excluding hydrogens is 264 g/mol. The summed E-state index contributed by atoms with van der Waals surface area (Å²) >= 11 is 1.44. The van der Waals surface area contributed by atoms with Gasteiger partial charge in [0.25, 0.3) is 5.56 Å². The van der Waals surface area contributed by atoms with E-state index in [2.05, 4.69) is 20.6 Å². The quantitative estimate of drug-likeness (QED) is 0.753. The van der Waals surface area contributed by atoms with E-state index in [0.29, 0.717) is 28.8 Å². The van der Waals surface area contributed by atoms with Crippen molar-refractivity contribution in [2.24, 2.45) is 0 Å². The first-order chi connectivity index (χ1) is 9.21. The van der Waals surface area contributed by atoms with Crippen LogP contribution in [-0.4, -0.2) is 22.5 Å². The molecular formula is C12H14N4O2S. The van der Waals surface area contributed by atoms with Crippen LogP contribution in [0.5, 0.6) is 0 Å². The van der Waals surface area contributed by atoms with E-state index in [0.717, 1.165) is 5.70 Å². The molecule has 7 heteroatoms. The molecule has 19 heavy (non-hydrogen) atoms. The van der Waals surface area contributed by atoms with Crippen molar-refractivity contribution >= 4 is 17.6 Å². The molecule has 0 bridgehead atoms. The minimum absolute atomic E-state index is 0.0529. The fourth-order valence-corrected chi connectivity index (χ4v) is 3.00. The molecule has 1 unspecified atom stereocenters. The summed E-state index contributed by atoms with van der Waals surface area (Å²) in [4.78, 5) is 19.8. The summed E-state index contributed by atoms with van der Waals surface area (Å²) in [6.07, 6.45) is 4.48. The molecule has 0 radical (unpaired) electrons. The lowest BCUT2D eigenvalue weighted by molar-refractivity contribution is 0.260. The molecule has 0 aromatic carbocycles. The number of rotatable bonds is 2. The summed E-state index contributed by atoms with van der Waals surface area (Å²) in [7, 11) is 1.61. The summed E-state index contributed by atoms with van der Waals surface area (Å²) in [6.45, 7) is 1.96. The monoisotopic (exact) mass is 278 g/mol. The molecule has 3 heterocycles. The van der Waals surface area contributed by atoms with Gasteiger partial charge in [0, 0.05) is 6.42 Å². The number of aryl methyl sites for hydroxylation is 1. The van der Waals surface area contributed by atoms with Gasteiger partial charge in [0.05, 0.1) is 12.8 Å². The molecule has 0 saturated heterocycles. The number of anilines is 1. The van der Waals surface area contributed by atoms with Crippen LogP contribution in [0.2, 0.25) is 0 Å².